The zero-order chi connectivity index (χ0) is 21.1. The second-order valence-electron chi connectivity index (χ2n) is 7.43. The highest BCUT2D eigenvalue weighted by Gasteiger charge is 2.51. The van der Waals surface area contributed by atoms with Crippen LogP contribution in [0.15, 0.2) is 12.1 Å². The van der Waals surface area contributed by atoms with Gasteiger partial charge in [-0.05, 0) is 31.9 Å². The molecule has 2 aliphatic rings. The molecule has 29 heavy (non-hydrogen) atoms. The highest BCUT2D eigenvalue weighted by Crippen LogP contribution is 2.38. The lowest BCUT2D eigenvalue weighted by Gasteiger charge is -2.21. The number of thiophene rings is 1. The van der Waals surface area contributed by atoms with Crippen LogP contribution in [0.3, 0.4) is 0 Å². The van der Waals surface area contributed by atoms with Gasteiger partial charge < -0.3 is 10.1 Å². The minimum atomic E-state index is -1.05. The Morgan fingerprint density at radius 2 is 1.79 bits per heavy atom. The lowest BCUT2D eigenvalue weighted by molar-refractivity contribution is -0.157. The second kappa shape index (κ2) is 8.86. The number of carbonyl (C=O) groups is 5. The molecule has 8 nitrogen and oxygen atoms in total. The van der Waals surface area contributed by atoms with E-state index in [0.29, 0.717) is 24.3 Å². The molecule has 3 amide bonds. The third-order valence-corrected chi connectivity index (χ3v) is 6.52. The third kappa shape index (κ3) is 4.55. The SMILES string of the molecule is CC(=O)NCc1ccc(C(=O)COC(=O)[C@H](C)N2C(=O)C3CCCCC3C2=O)s1. The van der Waals surface area contributed by atoms with Gasteiger partial charge in [-0.2, -0.15) is 0 Å². The summed E-state index contributed by atoms with van der Waals surface area (Å²) in [7, 11) is 0. The van der Waals surface area contributed by atoms with Crippen LogP contribution in [0.1, 0.15) is 54.1 Å². The smallest absolute Gasteiger partial charge is 0.329 e. The van der Waals surface area contributed by atoms with Gasteiger partial charge in [-0.1, -0.05) is 12.8 Å². The lowest BCUT2D eigenvalue weighted by Crippen LogP contribution is -2.44. The van der Waals surface area contributed by atoms with Crippen molar-refractivity contribution < 1.29 is 28.7 Å². The van der Waals surface area contributed by atoms with E-state index < -0.39 is 18.6 Å². The molecule has 1 aromatic rings. The van der Waals surface area contributed by atoms with Gasteiger partial charge in [0.15, 0.2) is 6.61 Å². The molecule has 1 aliphatic carbocycles. The van der Waals surface area contributed by atoms with Crippen molar-refractivity contribution in [3.8, 4) is 0 Å². The van der Waals surface area contributed by atoms with Crippen molar-refractivity contribution in [2.75, 3.05) is 6.61 Å². The second-order valence-corrected chi connectivity index (χ2v) is 8.59. The van der Waals surface area contributed by atoms with E-state index >= 15 is 0 Å². The minimum Gasteiger partial charge on any atom is -0.456 e. The number of ether oxygens (including phenoxy) is 1. The zero-order valence-corrected chi connectivity index (χ0v) is 17.3. The monoisotopic (exact) mass is 420 g/mol. The summed E-state index contributed by atoms with van der Waals surface area (Å²) < 4.78 is 5.09. The first-order chi connectivity index (χ1) is 13.8. The van der Waals surface area contributed by atoms with Crippen LogP contribution in [0.4, 0.5) is 0 Å². The standard InChI is InChI=1S/C20H24N2O6S/c1-11(22-18(25)14-5-3-4-6-15(14)19(22)26)20(27)28-10-16(24)17-8-7-13(29-17)9-21-12(2)23/h7-8,11,14-15H,3-6,9-10H2,1-2H3,(H,21,23)/t11-,14?,15?/m0/s1. The molecule has 1 saturated heterocycles. The van der Waals surface area contributed by atoms with E-state index in [0.717, 1.165) is 22.6 Å². The van der Waals surface area contributed by atoms with Crippen LogP contribution in [0, 0.1) is 11.8 Å². The van der Waals surface area contributed by atoms with E-state index in [-0.39, 0.29) is 35.3 Å². The van der Waals surface area contributed by atoms with E-state index in [1.54, 1.807) is 12.1 Å². The number of ketones is 1. The van der Waals surface area contributed by atoms with Crippen LogP contribution in [-0.2, 0) is 30.5 Å². The van der Waals surface area contributed by atoms with Crippen molar-refractivity contribution in [3.05, 3.63) is 21.9 Å². The zero-order valence-electron chi connectivity index (χ0n) is 16.4. The highest BCUT2D eigenvalue weighted by atomic mass is 32.1. The molecule has 0 bridgehead atoms. The number of fused-ring (bicyclic) bond motifs is 1. The Labute approximate surface area is 172 Å². The molecule has 156 valence electrons. The normalized spacial score (nSPS) is 22.2. The topological polar surface area (TPSA) is 110 Å². The molecule has 1 saturated carbocycles. The lowest BCUT2D eigenvalue weighted by atomic mass is 9.81. The largest absolute Gasteiger partial charge is 0.456 e. The molecule has 0 radical (unpaired) electrons. The van der Waals surface area contributed by atoms with Crippen LogP contribution < -0.4 is 5.32 Å². The molecule has 1 N–H and O–H groups in total. The maximum Gasteiger partial charge on any atom is 0.329 e. The Bertz CT molecular complexity index is 824. The number of likely N-dealkylation sites (tertiary alicyclic amines) is 1. The van der Waals surface area contributed by atoms with Crippen molar-refractivity contribution in [2.24, 2.45) is 11.8 Å². The van der Waals surface area contributed by atoms with E-state index in [1.165, 1.54) is 25.2 Å². The predicted octanol–water partition coefficient (Wildman–Crippen LogP) is 1.67. The van der Waals surface area contributed by atoms with Gasteiger partial charge in [0.05, 0.1) is 23.3 Å². The Morgan fingerprint density at radius 3 is 2.38 bits per heavy atom. The Kier molecular flexibility index (Phi) is 6.46. The summed E-state index contributed by atoms with van der Waals surface area (Å²) in [4.78, 5) is 63.0. The minimum absolute atomic E-state index is 0.167. The molecule has 9 heteroatoms. The molecular weight excluding hydrogens is 396 g/mol. The van der Waals surface area contributed by atoms with Crippen LogP contribution in [0.5, 0.6) is 0 Å². The number of hydrogen-bond donors (Lipinski definition) is 1. The van der Waals surface area contributed by atoms with Gasteiger partial charge in [0.1, 0.15) is 6.04 Å². The number of carbonyl (C=O) groups excluding carboxylic acids is 5. The highest BCUT2D eigenvalue weighted by molar-refractivity contribution is 7.14. The van der Waals surface area contributed by atoms with Gasteiger partial charge in [-0.15, -0.1) is 11.3 Å². The number of Topliss-reactive ketones (excluding diaryl/α,β-unsaturated/α-hetero) is 1. The van der Waals surface area contributed by atoms with Gasteiger partial charge in [-0.25, -0.2) is 4.79 Å². The summed E-state index contributed by atoms with van der Waals surface area (Å²) in [6, 6.07) is 2.29. The van der Waals surface area contributed by atoms with Crippen LogP contribution >= 0.6 is 11.3 Å². The number of amides is 3. The first kappa shape index (κ1) is 21.2. The number of hydrogen-bond acceptors (Lipinski definition) is 7. The molecule has 0 spiro atoms. The fourth-order valence-corrected chi connectivity index (χ4v) is 4.71. The van der Waals surface area contributed by atoms with Crippen molar-refractivity contribution in [1.29, 1.82) is 0 Å². The molecule has 1 aromatic heterocycles. The van der Waals surface area contributed by atoms with Crippen molar-refractivity contribution in [2.45, 2.75) is 52.1 Å². The molecule has 0 aromatic carbocycles. The molecule has 2 unspecified atom stereocenters. The van der Waals surface area contributed by atoms with Gasteiger partial charge in [-0.3, -0.25) is 24.1 Å². The molecular formula is C20H24N2O6S. The Balaban J connectivity index is 1.55. The van der Waals surface area contributed by atoms with Crippen LogP contribution in [0.25, 0.3) is 0 Å². The predicted molar refractivity (Wildman–Crippen MR) is 104 cm³/mol. The van der Waals surface area contributed by atoms with E-state index in [1.807, 2.05) is 0 Å². The van der Waals surface area contributed by atoms with Gasteiger partial charge >= 0.3 is 5.97 Å². The average Bonchev–Trinajstić information content (AvgIpc) is 3.27. The number of imide groups is 1. The van der Waals surface area contributed by atoms with E-state index in [4.69, 9.17) is 4.74 Å². The fraction of sp³-hybridized carbons (Fsp3) is 0.550. The summed E-state index contributed by atoms with van der Waals surface area (Å²) in [5, 5.41) is 2.65. The first-order valence-corrected chi connectivity index (χ1v) is 10.5. The summed E-state index contributed by atoms with van der Waals surface area (Å²) in [6.45, 7) is 2.72. The van der Waals surface area contributed by atoms with Crippen LogP contribution in [-0.4, -0.2) is 47.0 Å². The summed E-state index contributed by atoms with van der Waals surface area (Å²) in [5.41, 5.74) is 0. The quantitative estimate of drug-likeness (QED) is 0.408. The summed E-state index contributed by atoms with van der Waals surface area (Å²) >= 11 is 1.21. The Morgan fingerprint density at radius 1 is 1.17 bits per heavy atom. The molecule has 1 aliphatic heterocycles. The Hall–Kier alpha value is -2.55. The third-order valence-electron chi connectivity index (χ3n) is 5.40. The maximum atomic E-state index is 12.6. The number of nitrogens with zero attached hydrogens (tertiary/aromatic N) is 1. The average molecular weight is 420 g/mol. The number of esters is 1. The summed E-state index contributed by atoms with van der Waals surface area (Å²) in [6.07, 6.45) is 3.16. The maximum absolute atomic E-state index is 12.6. The van der Waals surface area contributed by atoms with Gasteiger partial charge in [0.2, 0.25) is 23.5 Å². The van der Waals surface area contributed by atoms with Crippen molar-refractivity contribution in [3.63, 3.8) is 0 Å². The molecule has 2 heterocycles. The van der Waals surface area contributed by atoms with Crippen LogP contribution in [0.2, 0.25) is 0 Å². The number of nitrogens with one attached hydrogen (secondary N) is 1. The summed E-state index contributed by atoms with van der Waals surface area (Å²) in [5.74, 6) is -2.60. The van der Waals surface area contributed by atoms with Gasteiger partial charge in [0, 0.05) is 11.8 Å². The van der Waals surface area contributed by atoms with E-state index in [9.17, 15) is 24.0 Å². The molecule has 2 fully saturated rings. The van der Waals surface area contributed by atoms with E-state index in [2.05, 4.69) is 5.32 Å². The molecule has 3 atom stereocenters. The van der Waals surface area contributed by atoms with Gasteiger partial charge in [0.25, 0.3) is 0 Å². The molecule has 3 rings (SSSR count). The number of rotatable bonds is 7. The fourth-order valence-electron chi connectivity index (χ4n) is 3.84. The van der Waals surface area contributed by atoms with Crippen molar-refractivity contribution >= 4 is 40.8 Å². The first-order valence-electron chi connectivity index (χ1n) is 9.69. The van der Waals surface area contributed by atoms with Crippen molar-refractivity contribution in [1.82, 2.24) is 10.2 Å².